The Kier molecular flexibility index (Phi) is 9.95. The Labute approximate surface area is 403 Å². The van der Waals surface area contributed by atoms with E-state index in [9.17, 15) is 0 Å². The van der Waals surface area contributed by atoms with E-state index in [-0.39, 0.29) is 5.92 Å². The van der Waals surface area contributed by atoms with Crippen molar-refractivity contribution in [1.82, 2.24) is 4.57 Å². The van der Waals surface area contributed by atoms with Gasteiger partial charge in [0, 0.05) is 39.4 Å². The first-order valence-corrected chi connectivity index (χ1v) is 23.9. The number of rotatable bonds is 9. The molecule has 0 spiro atoms. The highest BCUT2D eigenvalue weighted by atomic mass is 15.1. The van der Waals surface area contributed by atoms with Gasteiger partial charge >= 0.3 is 0 Å². The molecule has 0 amide bonds. The highest BCUT2D eigenvalue weighted by molar-refractivity contribution is 6.15. The van der Waals surface area contributed by atoms with E-state index < -0.39 is 0 Å². The van der Waals surface area contributed by atoms with Crippen LogP contribution in [0.2, 0.25) is 0 Å². The molecule has 324 valence electrons. The first-order chi connectivity index (χ1) is 34.2. The van der Waals surface area contributed by atoms with Crippen LogP contribution in [0.25, 0.3) is 83.1 Å². The third kappa shape index (κ3) is 7.13. The highest BCUT2D eigenvalue weighted by Crippen LogP contribution is 2.49. The van der Waals surface area contributed by atoms with E-state index in [0.717, 1.165) is 17.1 Å². The summed E-state index contributed by atoms with van der Waals surface area (Å²) in [6.07, 6.45) is 0. The fourth-order valence-electron chi connectivity index (χ4n) is 10.8. The molecule has 0 fully saturated rings. The number of nitrogens with zero attached hydrogens (tertiary/aromatic N) is 2. The van der Waals surface area contributed by atoms with Crippen molar-refractivity contribution in [2.45, 2.75) is 5.92 Å². The van der Waals surface area contributed by atoms with Gasteiger partial charge in [-0.25, -0.2) is 0 Å². The summed E-state index contributed by atoms with van der Waals surface area (Å²) in [5.41, 5.74) is 23.2. The molecule has 1 aliphatic carbocycles. The fraction of sp³-hybridized carbons (Fsp3) is 0.0149. The number of hydrogen-bond donors (Lipinski definition) is 0. The minimum Gasteiger partial charge on any atom is -0.311 e. The molecular formula is C67H46N2. The van der Waals surface area contributed by atoms with E-state index in [1.54, 1.807) is 0 Å². The Morgan fingerprint density at radius 2 is 0.739 bits per heavy atom. The molecule has 12 aromatic rings. The van der Waals surface area contributed by atoms with E-state index >= 15 is 0 Å². The van der Waals surface area contributed by atoms with Crippen LogP contribution in [0.15, 0.2) is 273 Å². The lowest BCUT2D eigenvalue weighted by atomic mass is 9.88. The number of benzene rings is 11. The maximum atomic E-state index is 2.41. The molecule has 0 radical (unpaired) electrons. The minimum atomic E-state index is 0.209. The van der Waals surface area contributed by atoms with Crippen LogP contribution in [0.1, 0.15) is 22.6 Å². The quantitative estimate of drug-likeness (QED) is 0.140. The molecular weight excluding hydrogens is 833 g/mol. The summed E-state index contributed by atoms with van der Waals surface area (Å²) in [6.45, 7) is 0. The van der Waals surface area contributed by atoms with Crippen LogP contribution in [0.5, 0.6) is 0 Å². The molecule has 1 unspecified atom stereocenters. The molecule has 13 rings (SSSR count). The third-order valence-corrected chi connectivity index (χ3v) is 14.1. The first kappa shape index (κ1) is 40.3. The predicted octanol–water partition coefficient (Wildman–Crippen LogP) is 18.1. The summed E-state index contributed by atoms with van der Waals surface area (Å²) >= 11 is 0. The Bertz CT molecular complexity index is 3780. The minimum absolute atomic E-state index is 0.209. The maximum absolute atomic E-state index is 2.41. The largest absolute Gasteiger partial charge is 0.311 e. The second-order valence-electron chi connectivity index (χ2n) is 18.0. The van der Waals surface area contributed by atoms with Gasteiger partial charge in [0.15, 0.2) is 0 Å². The van der Waals surface area contributed by atoms with Gasteiger partial charge in [0.2, 0.25) is 0 Å². The molecule has 1 atom stereocenters. The molecule has 0 saturated carbocycles. The topological polar surface area (TPSA) is 8.17 Å². The summed E-state index contributed by atoms with van der Waals surface area (Å²) < 4.78 is 2.38. The van der Waals surface area contributed by atoms with Crippen LogP contribution in [0.3, 0.4) is 0 Å². The molecule has 1 heterocycles. The van der Waals surface area contributed by atoms with E-state index in [1.807, 2.05) is 0 Å². The van der Waals surface area contributed by atoms with Gasteiger partial charge in [0.05, 0.1) is 11.0 Å². The second-order valence-corrected chi connectivity index (χ2v) is 18.0. The first-order valence-electron chi connectivity index (χ1n) is 23.9. The van der Waals surface area contributed by atoms with Crippen LogP contribution in [-0.4, -0.2) is 4.57 Å². The molecule has 1 aliphatic rings. The fourth-order valence-corrected chi connectivity index (χ4v) is 10.8. The molecule has 0 aliphatic heterocycles. The van der Waals surface area contributed by atoms with Crippen LogP contribution >= 0.6 is 0 Å². The van der Waals surface area contributed by atoms with Crippen molar-refractivity contribution in [3.05, 3.63) is 290 Å². The average molecular weight is 879 g/mol. The van der Waals surface area contributed by atoms with Crippen LogP contribution in [0.4, 0.5) is 17.1 Å². The predicted molar refractivity (Wildman–Crippen MR) is 290 cm³/mol. The number of aromatic nitrogens is 1. The smallest absolute Gasteiger partial charge is 0.0547 e. The molecule has 69 heavy (non-hydrogen) atoms. The SMILES string of the molecule is c1ccc(-c2ccc(N(c3ccc(-c4ccc(-c5cccc6c5c5ccccc5n6-c5ccccc5)cc4)cc3)c3ccc(-c4ccc5c(c4)C(c4ccccc4)c4ccccc4-5)cc3)cc2)cc1. The van der Waals surface area contributed by atoms with Crippen molar-refractivity contribution in [3.63, 3.8) is 0 Å². The molecule has 2 nitrogen and oxygen atoms in total. The number of hydrogen-bond acceptors (Lipinski definition) is 1. The van der Waals surface area contributed by atoms with Crippen molar-refractivity contribution in [2.75, 3.05) is 4.90 Å². The molecule has 0 saturated heterocycles. The lowest BCUT2D eigenvalue weighted by Gasteiger charge is -2.26. The van der Waals surface area contributed by atoms with Crippen LogP contribution in [0, 0.1) is 0 Å². The molecule has 11 aromatic carbocycles. The standard InChI is InChI=1S/C67H46N2/c1-4-15-46(16-5-1)48-31-38-55(39-32-48)68(57-42-35-50(36-43-57)53-37-44-60-59-21-10-11-22-61(59)66(63(60)45-53)52-17-6-2-7-18-52)56-40-33-49(34-41-56)47-27-29-51(30-28-47)58-24-14-26-65-67(58)62-23-12-13-25-64(62)69(65)54-19-8-3-9-20-54/h1-45,66H. The van der Waals surface area contributed by atoms with Crippen molar-refractivity contribution in [3.8, 4) is 61.3 Å². The molecule has 0 bridgehead atoms. The lowest BCUT2D eigenvalue weighted by molar-refractivity contribution is 1.02. The van der Waals surface area contributed by atoms with E-state index in [0.29, 0.717) is 0 Å². The zero-order chi connectivity index (χ0) is 45.7. The Hall–Kier alpha value is -8.98. The Balaban J connectivity index is 0.832. The molecule has 2 heteroatoms. The lowest BCUT2D eigenvalue weighted by Crippen LogP contribution is -2.09. The van der Waals surface area contributed by atoms with E-state index in [2.05, 4.69) is 282 Å². The van der Waals surface area contributed by atoms with Gasteiger partial charge in [-0.1, -0.05) is 206 Å². The van der Waals surface area contributed by atoms with Crippen molar-refractivity contribution in [1.29, 1.82) is 0 Å². The highest BCUT2D eigenvalue weighted by Gasteiger charge is 2.30. The normalized spacial score (nSPS) is 12.8. The van der Waals surface area contributed by atoms with Gasteiger partial charge in [0.1, 0.15) is 0 Å². The summed E-state index contributed by atoms with van der Waals surface area (Å²) in [4.78, 5) is 2.36. The van der Waals surface area contributed by atoms with E-state index in [4.69, 9.17) is 0 Å². The summed E-state index contributed by atoms with van der Waals surface area (Å²) in [6, 6.07) is 99.6. The summed E-state index contributed by atoms with van der Waals surface area (Å²) in [5.74, 6) is 0.209. The maximum Gasteiger partial charge on any atom is 0.0547 e. The van der Waals surface area contributed by atoms with Crippen LogP contribution < -0.4 is 4.90 Å². The monoisotopic (exact) mass is 878 g/mol. The van der Waals surface area contributed by atoms with Gasteiger partial charge in [-0.2, -0.15) is 0 Å². The van der Waals surface area contributed by atoms with Gasteiger partial charge in [-0.15, -0.1) is 0 Å². The van der Waals surface area contributed by atoms with E-state index in [1.165, 1.54) is 99.8 Å². The molecule has 1 aromatic heterocycles. The zero-order valence-electron chi connectivity index (χ0n) is 38.0. The Morgan fingerprint density at radius 1 is 0.290 bits per heavy atom. The summed E-state index contributed by atoms with van der Waals surface area (Å²) in [7, 11) is 0. The van der Waals surface area contributed by atoms with Crippen molar-refractivity contribution >= 4 is 38.9 Å². The third-order valence-electron chi connectivity index (χ3n) is 14.1. The van der Waals surface area contributed by atoms with Gasteiger partial charge in [0.25, 0.3) is 0 Å². The second kappa shape index (κ2) is 17.0. The number of anilines is 3. The van der Waals surface area contributed by atoms with Gasteiger partial charge in [-0.3, -0.25) is 0 Å². The van der Waals surface area contributed by atoms with Gasteiger partial charge < -0.3 is 9.47 Å². The average Bonchev–Trinajstić information content (AvgIpc) is 3.95. The zero-order valence-corrected chi connectivity index (χ0v) is 38.0. The number of fused-ring (bicyclic) bond motifs is 6. The van der Waals surface area contributed by atoms with Crippen molar-refractivity contribution < 1.29 is 0 Å². The van der Waals surface area contributed by atoms with Crippen molar-refractivity contribution in [2.24, 2.45) is 0 Å². The molecule has 0 N–H and O–H groups in total. The Morgan fingerprint density at radius 3 is 1.39 bits per heavy atom. The summed E-state index contributed by atoms with van der Waals surface area (Å²) in [5, 5.41) is 2.53. The number of para-hydroxylation sites is 2. The van der Waals surface area contributed by atoms with Crippen LogP contribution in [-0.2, 0) is 0 Å². The van der Waals surface area contributed by atoms with Gasteiger partial charge in [-0.05, 0) is 139 Å².